The second-order valence-corrected chi connectivity index (χ2v) is 8.90. The Kier molecular flexibility index (Phi) is 8.53. The van der Waals surface area contributed by atoms with Crippen molar-refractivity contribution in [3.05, 3.63) is 60.7 Å². The third kappa shape index (κ3) is 6.37. The Bertz CT molecular complexity index is 693. The Hall–Kier alpha value is -1.45. The van der Waals surface area contributed by atoms with Gasteiger partial charge in [0.25, 0.3) is 0 Å². The second-order valence-electron chi connectivity index (χ2n) is 5.37. The van der Waals surface area contributed by atoms with Gasteiger partial charge in [-0.25, -0.2) is 4.21 Å². The van der Waals surface area contributed by atoms with Crippen molar-refractivity contribution in [3.63, 3.8) is 0 Å². The molecular weight excluding hydrogens is 388 g/mol. The highest BCUT2D eigenvalue weighted by Crippen LogP contribution is 2.19. The fraction of sp³-hybridized carbons (Fsp3) is 0.222. The van der Waals surface area contributed by atoms with Crippen molar-refractivity contribution in [2.75, 3.05) is 11.5 Å². The maximum Gasteiger partial charge on any atom is 0.244 e. The average molecular weight is 409 g/mol. The van der Waals surface area contributed by atoms with Crippen molar-refractivity contribution in [3.8, 4) is 0 Å². The molecule has 2 aromatic rings. The van der Waals surface area contributed by atoms with E-state index in [1.165, 1.54) is 23.5 Å². The minimum absolute atomic E-state index is 0.246. The maximum absolute atomic E-state index is 12.2. The summed E-state index contributed by atoms with van der Waals surface area (Å²) in [7, 11) is -2.34. The molecule has 0 radical (unpaired) electrons. The van der Waals surface area contributed by atoms with Gasteiger partial charge < -0.3 is 11.5 Å². The van der Waals surface area contributed by atoms with Crippen molar-refractivity contribution >= 4 is 44.6 Å². The standard InChI is InChI=1S/C18H20N2O3S3/c19-15(11-24-13-7-3-1-4-8-13)17(21)26(23)18(22)16(20)12-25-14-9-5-2-6-10-14/h1-10,15-16H,11-12,19-20H2/t15-,16-/m0/s1. The van der Waals surface area contributed by atoms with Gasteiger partial charge in [0.15, 0.2) is 10.8 Å². The van der Waals surface area contributed by atoms with Crippen LogP contribution in [-0.2, 0) is 20.4 Å². The van der Waals surface area contributed by atoms with Crippen LogP contribution in [0.1, 0.15) is 0 Å². The van der Waals surface area contributed by atoms with Crippen LogP contribution in [0.3, 0.4) is 0 Å². The van der Waals surface area contributed by atoms with Crippen molar-refractivity contribution in [1.82, 2.24) is 0 Å². The van der Waals surface area contributed by atoms with Crippen LogP contribution >= 0.6 is 23.5 Å². The van der Waals surface area contributed by atoms with Crippen LogP contribution in [0.2, 0.25) is 0 Å². The maximum atomic E-state index is 12.2. The molecule has 0 bridgehead atoms. The predicted molar refractivity (Wildman–Crippen MR) is 108 cm³/mol. The summed E-state index contributed by atoms with van der Waals surface area (Å²) in [5.74, 6) is 0.492. The van der Waals surface area contributed by atoms with Gasteiger partial charge in [0.1, 0.15) is 0 Å². The molecule has 2 atom stereocenters. The molecule has 4 N–H and O–H groups in total. The average Bonchev–Trinajstić information content (AvgIpc) is 2.70. The first-order chi connectivity index (χ1) is 12.5. The Labute approximate surface area is 163 Å². The zero-order valence-corrected chi connectivity index (χ0v) is 16.4. The van der Waals surface area contributed by atoms with Gasteiger partial charge in [0, 0.05) is 21.3 Å². The molecule has 0 saturated carbocycles. The lowest BCUT2D eigenvalue weighted by Crippen LogP contribution is -2.43. The molecule has 0 aliphatic rings. The molecule has 0 aliphatic heterocycles. The number of nitrogens with two attached hydrogens (primary N) is 2. The molecule has 0 spiro atoms. The van der Waals surface area contributed by atoms with E-state index in [0.29, 0.717) is 0 Å². The van der Waals surface area contributed by atoms with E-state index >= 15 is 0 Å². The number of thioether (sulfide) groups is 2. The number of hydrogen-bond donors (Lipinski definition) is 2. The third-order valence-corrected chi connectivity index (χ3v) is 6.92. The predicted octanol–water partition coefficient (Wildman–Crippen LogP) is 2.03. The Morgan fingerprint density at radius 3 is 1.46 bits per heavy atom. The monoisotopic (exact) mass is 408 g/mol. The quantitative estimate of drug-likeness (QED) is 0.644. The summed E-state index contributed by atoms with van der Waals surface area (Å²) in [4.78, 5) is 26.2. The molecule has 0 aliphatic carbocycles. The summed E-state index contributed by atoms with van der Waals surface area (Å²) in [6.07, 6.45) is 0. The zero-order chi connectivity index (χ0) is 18.9. The first kappa shape index (κ1) is 20.9. The Balaban J connectivity index is 1.83. The molecule has 2 aromatic carbocycles. The van der Waals surface area contributed by atoms with Gasteiger partial charge in [0.05, 0.1) is 12.1 Å². The summed E-state index contributed by atoms with van der Waals surface area (Å²) in [6, 6.07) is 16.9. The molecule has 0 saturated heterocycles. The molecule has 26 heavy (non-hydrogen) atoms. The minimum atomic E-state index is -2.34. The van der Waals surface area contributed by atoms with Gasteiger partial charge in [-0.1, -0.05) is 36.4 Å². The van der Waals surface area contributed by atoms with E-state index in [-0.39, 0.29) is 11.5 Å². The SMILES string of the molecule is N[C@@H](CSc1ccccc1)C(=O)S(=O)C(=O)[C@@H](N)CSc1ccccc1. The van der Waals surface area contributed by atoms with Gasteiger partial charge in [-0.05, 0) is 24.3 Å². The van der Waals surface area contributed by atoms with E-state index < -0.39 is 33.1 Å². The molecule has 2 rings (SSSR count). The molecule has 0 unspecified atom stereocenters. The van der Waals surface area contributed by atoms with E-state index in [2.05, 4.69) is 0 Å². The van der Waals surface area contributed by atoms with E-state index in [1.54, 1.807) is 0 Å². The number of carbonyl (C=O) groups is 2. The van der Waals surface area contributed by atoms with E-state index in [0.717, 1.165) is 9.79 Å². The topological polar surface area (TPSA) is 103 Å². The fourth-order valence-corrected chi connectivity index (χ4v) is 4.79. The fourth-order valence-electron chi connectivity index (χ4n) is 1.92. The lowest BCUT2D eigenvalue weighted by atomic mass is 10.4. The molecule has 0 heterocycles. The number of benzene rings is 2. The lowest BCUT2D eigenvalue weighted by Gasteiger charge is -2.12. The minimum Gasteiger partial charge on any atom is -0.320 e. The van der Waals surface area contributed by atoms with Crippen molar-refractivity contribution in [2.45, 2.75) is 21.9 Å². The first-order valence-electron chi connectivity index (χ1n) is 7.85. The van der Waals surface area contributed by atoms with Gasteiger partial charge in [0.2, 0.25) is 10.2 Å². The Morgan fingerprint density at radius 1 is 0.769 bits per heavy atom. The van der Waals surface area contributed by atoms with Crippen molar-refractivity contribution < 1.29 is 13.8 Å². The summed E-state index contributed by atoms with van der Waals surface area (Å²) in [5, 5.41) is -1.56. The smallest absolute Gasteiger partial charge is 0.244 e. The zero-order valence-electron chi connectivity index (χ0n) is 13.9. The molecule has 5 nitrogen and oxygen atoms in total. The molecular formula is C18H20N2O3S3. The van der Waals surface area contributed by atoms with Gasteiger partial charge in [-0.15, -0.1) is 23.5 Å². The van der Waals surface area contributed by atoms with Gasteiger partial charge in [-0.3, -0.25) is 9.59 Å². The van der Waals surface area contributed by atoms with Crippen LogP contribution in [0, 0.1) is 0 Å². The number of rotatable bonds is 8. The van der Waals surface area contributed by atoms with E-state index in [9.17, 15) is 13.8 Å². The molecule has 0 aromatic heterocycles. The highest BCUT2D eigenvalue weighted by atomic mass is 32.2. The van der Waals surface area contributed by atoms with E-state index in [4.69, 9.17) is 11.5 Å². The van der Waals surface area contributed by atoms with Crippen molar-refractivity contribution in [1.29, 1.82) is 0 Å². The summed E-state index contributed by atoms with van der Waals surface area (Å²) in [6.45, 7) is 0. The summed E-state index contributed by atoms with van der Waals surface area (Å²) < 4.78 is 12.2. The van der Waals surface area contributed by atoms with Crippen LogP contribution in [0.15, 0.2) is 70.5 Å². The van der Waals surface area contributed by atoms with Crippen LogP contribution in [0.5, 0.6) is 0 Å². The molecule has 0 amide bonds. The van der Waals surface area contributed by atoms with Crippen LogP contribution in [0.25, 0.3) is 0 Å². The largest absolute Gasteiger partial charge is 0.320 e. The normalized spacial score (nSPS) is 13.3. The Morgan fingerprint density at radius 2 is 1.12 bits per heavy atom. The number of carbonyl (C=O) groups excluding carboxylic acids is 2. The van der Waals surface area contributed by atoms with Crippen LogP contribution in [0.4, 0.5) is 0 Å². The molecule has 8 heteroatoms. The van der Waals surface area contributed by atoms with Gasteiger partial charge >= 0.3 is 0 Å². The lowest BCUT2D eigenvalue weighted by molar-refractivity contribution is -0.114. The molecule has 138 valence electrons. The first-order valence-corrected chi connectivity index (χ1v) is 11.0. The molecule has 0 fully saturated rings. The van der Waals surface area contributed by atoms with Crippen molar-refractivity contribution in [2.24, 2.45) is 11.5 Å². The summed E-state index contributed by atoms with van der Waals surface area (Å²) in [5.41, 5.74) is 11.6. The third-order valence-electron chi connectivity index (χ3n) is 3.32. The highest BCUT2D eigenvalue weighted by molar-refractivity contribution is 8.13. The number of hydrogen-bond acceptors (Lipinski definition) is 7. The summed E-state index contributed by atoms with van der Waals surface area (Å²) >= 11 is 2.75. The van der Waals surface area contributed by atoms with E-state index in [1.807, 2.05) is 60.7 Å². The highest BCUT2D eigenvalue weighted by Gasteiger charge is 2.30. The van der Waals surface area contributed by atoms with Crippen LogP contribution in [-0.4, -0.2) is 38.0 Å². The van der Waals surface area contributed by atoms with Crippen LogP contribution < -0.4 is 11.5 Å². The van der Waals surface area contributed by atoms with Gasteiger partial charge in [-0.2, -0.15) is 0 Å². The second kappa shape index (κ2) is 10.6.